The van der Waals surface area contributed by atoms with Crippen LogP contribution in [0.1, 0.15) is 0 Å². The first-order valence-corrected chi connectivity index (χ1v) is 6.73. The minimum atomic E-state index is 0.705. The van der Waals surface area contributed by atoms with Crippen LogP contribution in [-0.2, 0) is 0 Å². The summed E-state index contributed by atoms with van der Waals surface area (Å²) < 4.78 is 5.17. The van der Waals surface area contributed by atoms with Gasteiger partial charge in [-0.2, -0.15) is 0 Å². The fourth-order valence-electron chi connectivity index (χ4n) is 2.51. The van der Waals surface area contributed by atoms with Crippen molar-refractivity contribution in [1.82, 2.24) is 15.0 Å². The highest BCUT2D eigenvalue weighted by atomic mass is 16.5. The topological polar surface area (TPSA) is 50.8 Å². The molecule has 1 N–H and O–H groups in total. The summed E-state index contributed by atoms with van der Waals surface area (Å²) in [5.41, 5.74) is 2.90. The molecule has 0 saturated carbocycles. The van der Waals surface area contributed by atoms with Crippen LogP contribution in [-0.4, -0.2) is 22.1 Å². The van der Waals surface area contributed by atoms with E-state index in [0.29, 0.717) is 5.82 Å². The van der Waals surface area contributed by atoms with Crippen molar-refractivity contribution in [2.45, 2.75) is 0 Å². The van der Waals surface area contributed by atoms with E-state index in [1.807, 2.05) is 48.7 Å². The number of aromatic nitrogens is 3. The Hall–Kier alpha value is -2.88. The highest BCUT2D eigenvalue weighted by Crippen LogP contribution is 2.26. The zero-order valence-corrected chi connectivity index (χ0v) is 11.5. The molecule has 0 radical (unpaired) electrons. The average Bonchev–Trinajstić information content (AvgIpc) is 2.92. The molecule has 21 heavy (non-hydrogen) atoms. The van der Waals surface area contributed by atoms with Crippen molar-refractivity contribution in [2.75, 3.05) is 7.11 Å². The molecule has 0 saturated heterocycles. The van der Waals surface area contributed by atoms with E-state index in [2.05, 4.69) is 21.0 Å². The number of H-pyrrole nitrogens is 1. The van der Waals surface area contributed by atoms with Gasteiger partial charge in [0, 0.05) is 28.0 Å². The van der Waals surface area contributed by atoms with Gasteiger partial charge in [-0.25, -0.2) is 9.97 Å². The summed E-state index contributed by atoms with van der Waals surface area (Å²) in [6.07, 6.45) is 1.88. The van der Waals surface area contributed by atoms with Crippen LogP contribution in [0.2, 0.25) is 0 Å². The molecule has 0 bridgehead atoms. The summed E-state index contributed by atoms with van der Waals surface area (Å²) in [5.74, 6) is 1.53. The van der Waals surface area contributed by atoms with Gasteiger partial charge in [-0.3, -0.25) is 0 Å². The van der Waals surface area contributed by atoms with Crippen molar-refractivity contribution in [3.8, 4) is 17.1 Å². The summed E-state index contributed by atoms with van der Waals surface area (Å²) >= 11 is 0. The number of benzene rings is 2. The van der Waals surface area contributed by atoms with E-state index in [-0.39, 0.29) is 0 Å². The monoisotopic (exact) mass is 275 g/mol. The molecule has 0 unspecified atom stereocenters. The molecule has 2 aromatic carbocycles. The fraction of sp³-hybridized carbons (Fsp3) is 0.0588. The lowest BCUT2D eigenvalue weighted by atomic mass is 10.2. The number of hydrogen-bond donors (Lipinski definition) is 1. The third kappa shape index (κ3) is 1.92. The van der Waals surface area contributed by atoms with E-state index in [1.54, 1.807) is 7.11 Å². The van der Waals surface area contributed by atoms with E-state index >= 15 is 0 Å². The van der Waals surface area contributed by atoms with Crippen LogP contribution in [0.25, 0.3) is 33.3 Å². The quantitative estimate of drug-likeness (QED) is 0.605. The Morgan fingerprint density at radius 2 is 1.76 bits per heavy atom. The number of nitrogens with one attached hydrogen (secondary N) is 1. The zero-order chi connectivity index (χ0) is 14.2. The number of rotatable bonds is 2. The minimum absolute atomic E-state index is 0.705. The maximum absolute atomic E-state index is 5.17. The van der Waals surface area contributed by atoms with Gasteiger partial charge >= 0.3 is 0 Å². The number of hydrogen-bond acceptors (Lipinski definition) is 3. The second kappa shape index (κ2) is 4.59. The van der Waals surface area contributed by atoms with E-state index in [0.717, 1.165) is 33.2 Å². The number of aromatic amines is 1. The molecule has 4 heteroatoms. The second-order valence-electron chi connectivity index (χ2n) is 4.85. The Balaban J connectivity index is 1.87. The molecule has 4 nitrogen and oxygen atoms in total. The molecule has 2 heterocycles. The molecule has 0 aliphatic carbocycles. The zero-order valence-electron chi connectivity index (χ0n) is 11.5. The van der Waals surface area contributed by atoms with Gasteiger partial charge in [0.05, 0.1) is 7.11 Å². The molecule has 0 amide bonds. The van der Waals surface area contributed by atoms with Gasteiger partial charge in [-0.1, -0.05) is 18.2 Å². The Morgan fingerprint density at radius 1 is 0.952 bits per heavy atom. The third-order valence-corrected chi connectivity index (χ3v) is 3.61. The van der Waals surface area contributed by atoms with Crippen molar-refractivity contribution in [1.29, 1.82) is 0 Å². The van der Waals surface area contributed by atoms with Gasteiger partial charge in [-0.05, 0) is 30.3 Å². The molecular formula is C17H13N3O. The molecule has 0 aliphatic heterocycles. The lowest BCUT2D eigenvalue weighted by molar-refractivity contribution is 0.415. The van der Waals surface area contributed by atoms with Gasteiger partial charge in [0.15, 0.2) is 5.82 Å². The van der Waals surface area contributed by atoms with E-state index < -0.39 is 0 Å². The fourth-order valence-corrected chi connectivity index (χ4v) is 2.51. The molecule has 102 valence electrons. The Morgan fingerprint density at radius 3 is 2.57 bits per heavy atom. The lowest BCUT2D eigenvalue weighted by Gasteiger charge is -2.02. The molecular weight excluding hydrogens is 262 g/mol. The first kappa shape index (κ1) is 11.9. The molecule has 4 aromatic rings. The van der Waals surface area contributed by atoms with Gasteiger partial charge in [0.2, 0.25) is 0 Å². The van der Waals surface area contributed by atoms with Gasteiger partial charge in [0.1, 0.15) is 11.4 Å². The van der Waals surface area contributed by atoms with Crippen molar-refractivity contribution >= 4 is 21.9 Å². The largest absolute Gasteiger partial charge is 0.497 e. The predicted molar refractivity (Wildman–Crippen MR) is 83.4 cm³/mol. The summed E-state index contributed by atoms with van der Waals surface area (Å²) in [7, 11) is 1.65. The van der Waals surface area contributed by atoms with Gasteiger partial charge in [-0.15, -0.1) is 0 Å². The first-order valence-electron chi connectivity index (χ1n) is 6.73. The highest BCUT2D eigenvalue weighted by Gasteiger charge is 2.08. The maximum Gasteiger partial charge on any atom is 0.161 e. The van der Waals surface area contributed by atoms with E-state index in [9.17, 15) is 0 Å². The van der Waals surface area contributed by atoms with E-state index in [1.165, 1.54) is 0 Å². The summed E-state index contributed by atoms with van der Waals surface area (Å²) in [5, 5.41) is 2.19. The number of fused-ring (bicyclic) bond motifs is 3. The number of para-hydroxylation sites is 1. The summed E-state index contributed by atoms with van der Waals surface area (Å²) in [4.78, 5) is 12.4. The smallest absolute Gasteiger partial charge is 0.161 e. The van der Waals surface area contributed by atoms with Crippen LogP contribution in [0.3, 0.4) is 0 Å². The van der Waals surface area contributed by atoms with Crippen molar-refractivity contribution in [3.63, 3.8) is 0 Å². The van der Waals surface area contributed by atoms with Crippen LogP contribution >= 0.6 is 0 Å². The van der Waals surface area contributed by atoms with Gasteiger partial charge < -0.3 is 9.72 Å². The number of methoxy groups -OCH3 is 1. The SMILES string of the molecule is COc1ccc(-c2ncc3c(n2)[nH]c2ccccc23)cc1. The van der Waals surface area contributed by atoms with E-state index in [4.69, 9.17) is 4.74 Å². The highest BCUT2D eigenvalue weighted by molar-refractivity contribution is 6.05. The third-order valence-electron chi connectivity index (χ3n) is 3.61. The predicted octanol–water partition coefficient (Wildman–Crippen LogP) is 3.79. The van der Waals surface area contributed by atoms with Crippen molar-refractivity contribution < 1.29 is 4.74 Å². The number of nitrogens with zero attached hydrogens (tertiary/aromatic N) is 2. The molecule has 0 atom stereocenters. The standard InChI is InChI=1S/C17H13N3O/c1-21-12-8-6-11(7-9-12)16-18-10-14-13-4-2-3-5-15(13)19-17(14)20-16/h2-10H,1H3,(H,18,19,20). The van der Waals surface area contributed by atoms with Crippen LogP contribution in [0.5, 0.6) is 5.75 Å². The molecule has 0 aliphatic rings. The lowest BCUT2D eigenvalue weighted by Crippen LogP contribution is -1.89. The van der Waals surface area contributed by atoms with Crippen molar-refractivity contribution in [2.24, 2.45) is 0 Å². The maximum atomic E-state index is 5.17. The molecule has 0 spiro atoms. The first-order chi connectivity index (χ1) is 10.3. The Labute approximate surface area is 121 Å². The van der Waals surface area contributed by atoms with Gasteiger partial charge in [0.25, 0.3) is 0 Å². The Bertz CT molecular complexity index is 926. The summed E-state index contributed by atoms with van der Waals surface area (Å²) in [6.45, 7) is 0. The molecule has 2 aromatic heterocycles. The minimum Gasteiger partial charge on any atom is -0.497 e. The molecule has 4 rings (SSSR count). The van der Waals surface area contributed by atoms with Crippen LogP contribution in [0.15, 0.2) is 54.7 Å². The second-order valence-corrected chi connectivity index (χ2v) is 4.85. The van der Waals surface area contributed by atoms with Crippen LogP contribution in [0, 0.1) is 0 Å². The number of ether oxygens (including phenoxy) is 1. The normalized spacial score (nSPS) is 11.1. The summed E-state index contributed by atoms with van der Waals surface area (Å²) in [6, 6.07) is 15.9. The molecule has 0 fully saturated rings. The average molecular weight is 275 g/mol. The van der Waals surface area contributed by atoms with Crippen LogP contribution in [0.4, 0.5) is 0 Å². The Kier molecular flexibility index (Phi) is 2.60. The van der Waals surface area contributed by atoms with Crippen molar-refractivity contribution in [3.05, 3.63) is 54.7 Å². The van der Waals surface area contributed by atoms with Crippen LogP contribution < -0.4 is 4.74 Å².